The van der Waals surface area contributed by atoms with Crippen LogP contribution in [0.4, 0.5) is 10.8 Å². The summed E-state index contributed by atoms with van der Waals surface area (Å²) in [6, 6.07) is 22.6. The topological polar surface area (TPSA) is 89.6 Å². The Morgan fingerprint density at radius 2 is 1.64 bits per heavy atom. The van der Waals surface area contributed by atoms with E-state index in [9.17, 15) is 9.59 Å². The smallest absolute Gasteiger partial charge is 0.244 e. The molecule has 0 saturated carbocycles. The lowest BCUT2D eigenvalue weighted by Crippen LogP contribution is -2.19. The van der Waals surface area contributed by atoms with Gasteiger partial charge in [0.05, 0.1) is 19.9 Å². The van der Waals surface area contributed by atoms with E-state index in [-0.39, 0.29) is 11.8 Å². The third-order valence-electron chi connectivity index (χ3n) is 5.18. The van der Waals surface area contributed by atoms with Crippen molar-refractivity contribution in [1.29, 1.82) is 0 Å². The maximum absolute atomic E-state index is 13.4. The molecule has 4 rings (SSSR count). The van der Waals surface area contributed by atoms with Gasteiger partial charge in [-0.3, -0.25) is 9.59 Å². The van der Waals surface area contributed by atoms with E-state index < -0.39 is 5.25 Å². The third-order valence-corrected chi connectivity index (χ3v) is 7.21. The van der Waals surface area contributed by atoms with Gasteiger partial charge in [0.25, 0.3) is 0 Å². The molecule has 36 heavy (non-hydrogen) atoms. The Bertz CT molecular complexity index is 1340. The Kier molecular flexibility index (Phi) is 8.24. The predicted molar refractivity (Wildman–Crippen MR) is 145 cm³/mol. The molecule has 2 amide bonds. The second-order valence-electron chi connectivity index (χ2n) is 7.71. The highest BCUT2D eigenvalue weighted by Crippen LogP contribution is 2.38. The zero-order valence-electron chi connectivity index (χ0n) is 20.0. The minimum Gasteiger partial charge on any atom is -0.493 e. The van der Waals surface area contributed by atoms with Crippen LogP contribution < -0.4 is 20.1 Å². The van der Waals surface area contributed by atoms with Gasteiger partial charge in [0.2, 0.25) is 11.8 Å². The summed E-state index contributed by atoms with van der Waals surface area (Å²) in [5, 5.41) is 7.63. The first-order valence-electron chi connectivity index (χ1n) is 11.0. The van der Waals surface area contributed by atoms with Gasteiger partial charge in [-0.05, 0) is 48.0 Å². The number of thioether (sulfide) groups is 1. The van der Waals surface area contributed by atoms with Gasteiger partial charge in [0.15, 0.2) is 16.6 Å². The number of hydrogen-bond donors (Lipinski definition) is 2. The number of hydrogen-bond acceptors (Lipinski definition) is 7. The zero-order valence-corrected chi connectivity index (χ0v) is 21.6. The second kappa shape index (κ2) is 11.7. The molecule has 7 nitrogen and oxygen atoms in total. The first-order chi connectivity index (χ1) is 17.5. The number of nitrogens with one attached hydrogen (secondary N) is 2. The average molecular weight is 520 g/mol. The summed E-state index contributed by atoms with van der Waals surface area (Å²) < 4.78 is 10.7. The molecule has 0 radical (unpaired) electrons. The Labute approximate surface area is 217 Å². The van der Waals surface area contributed by atoms with Crippen LogP contribution in [0.15, 0.2) is 83.1 Å². The summed E-state index contributed by atoms with van der Waals surface area (Å²) in [7, 11) is 3.18. The first-order valence-corrected chi connectivity index (χ1v) is 12.8. The van der Waals surface area contributed by atoms with Crippen molar-refractivity contribution < 1.29 is 19.1 Å². The molecule has 1 aromatic heterocycles. The maximum atomic E-state index is 13.4. The summed E-state index contributed by atoms with van der Waals surface area (Å²) in [4.78, 5) is 30.2. The van der Waals surface area contributed by atoms with Crippen molar-refractivity contribution >= 4 is 45.7 Å². The fraction of sp³-hybridized carbons (Fsp3) is 0.148. The van der Waals surface area contributed by atoms with Crippen LogP contribution in [0.3, 0.4) is 0 Å². The number of thiazole rings is 1. The fourth-order valence-electron chi connectivity index (χ4n) is 3.49. The van der Waals surface area contributed by atoms with E-state index in [0.717, 1.165) is 21.7 Å². The van der Waals surface area contributed by atoms with Crippen LogP contribution in [-0.2, 0) is 9.59 Å². The van der Waals surface area contributed by atoms with Gasteiger partial charge in [-0.25, -0.2) is 4.98 Å². The van der Waals surface area contributed by atoms with Crippen molar-refractivity contribution in [2.45, 2.75) is 17.1 Å². The Morgan fingerprint density at radius 3 is 2.31 bits per heavy atom. The van der Waals surface area contributed by atoms with Crippen LogP contribution in [-0.4, -0.2) is 31.0 Å². The van der Waals surface area contributed by atoms with E-state index >= 15 is 0 Å². The molecule has 1 unspecified atom stereocenters. The molecule has 9 heteroatoms. The van der Waals surface area contributed by atoms with E-state index in [0.29, 0.717) is 22.3 Å². The summed E-state index contributed by atoms with van der Waals surface area (Å²) in [5.74, 6) is 0.940. The lowest BCUT2D eigenvalue weighted by atomic mass is 10.1. The summed E-state index contributed by atoms with van der Waals surface area (Å²) in [5.41, 5.74) is 3.17. The lowest BCUT2D eigenvalue weighted by molar-refractivity contribution is -0.116. The van der Waals surface area contributed by atoms with Crippen LogP contribution in [0, 0.1) is 0 Å². The van der Waals surface area contributed by atoms with Crippen molar-refractivity contribution in [3.8, 4) is 22.8 Å². The molecule has 0 aliphatic heterocycles. The standard InChI is InChI=1S/C27H25N3O4S2/c1-17(31)28-20-10-12-21(13-11-20)36-25(18-7-5-4-6-8-18)26(32)30-27-29-22(16-35-27)19-9-14-23(33-2)24(15-19)34-3/h4-16,25H,1-3H3,(H,28,31)(H,29,30,32). The molecular weight excluding hydrogens is 494 g/mol. The van der Waals surface area contributed by atoms with E-state index in [2.05, 4.69) is 15.6 Å². The number of benzene rings is 3. The SMILES string of the molecule is COc1ccc(-c2csc(NC(=O)C(Sc3ccc(NC(C)=O)cc3)c3ccccc3)n2)cc1OC. The van der Waals surface area contributed by atoms with Crippen LogP contribution in [0.5, 0.6) is 11.5 Å². The zero-order chi connectivity index (χ0) is 25.5. The predicted octanol–water partition coefficient (Wildman–Crippen LogP) is 6.26. The normalized spacial score (nSPS) is 11.4. The number of carbonyl (C=O) groups excluding carboxylic acids is 2. The number of carbonyl (C=O) groups is 2. The van der Waals surface area contributed by atoms with Crippen molar-refractivity contribution in [3.63, 3.8) is 0 Å². The summed E-state index contributed by atoms with van der Waals surface area (Å²) in [6.45, 7) is 1.47. The van der Waals surface area contributed by atoms with Crippen molar-refractivity contribution in [1.82, 2.24) is 4.98 Å². The highest BCUT2D eigenvalue weighted by Gasteiger charge is 2.23. The van der Waals surface area contributed by atoms with Gasteiger partial charge in [-0.2, -0.15) is 0 Å². The van der Waals surface area contributed by atoms with Gasteiger partial charge >= 0.3 is 0 Å². The minimum atomic E-state index is -0.494. The van der Waals surface area contributed by atoms with Crippen LogP contribution in [0.1, 0.15) is 17.7 Å². The average Bonchev–Trinajstić information content (AvgIpc) is 3.36. The number of aromatic nitrogens is 1. The molecular formula is C27H25N3O4S2. The van der Waals surface area contributed by atoms with Crippen molar-refractivity contribution in [3.05, 3.63) is 83.7 Å². The number of nitrogens with zero attached hydrogens (tertiary/aromatic N) is 1. The molecule has 0 aliphatic rings. The highest BCUT2D eigenvalue weighted by molar-refractivity contribution is 8.00. The fourth-order valence-corrected chi connectivity index (χ4v) is 5.23. The molecule has 0 spiro atoms. The van der Waals surface area contributed by atoms with Gasteiger partial charge in [0, 0.05) is 28.5 Å². The highest BCUT2D eigenvalue weighted by atomic mass is 32.2. The van der Waals surface area contributed by atoms with Gasteiger partial charge in [-0.1, -0.05) is 30.3 Å². The summed E-state index contributed by atoms with van der Waals surface area (Å²) >= 11 is 2.79. The van der Waals surface area contributed by atoms with Gasteiger partial charge in [0.1, 0.15) is 5.25 Å². The molecule has 2 N–H and O–H groups in total. The maximum Gasteiger partial charge on any atom is 0.244 e. The molecule has 0 fully saturated rings. The molecule has 184 valence electrons. The molecule has 0 bridgehead atoms. The summed E-state index contributed by atoms with van der Waals surface area (Å²) in [6.07, 6.45) is 0. The molecule has 3 aromatic carbocycles. The lowest BCUT2D eigenvalue weighted by Gasteiger charge is -2.16. The van der Waals surface area contributed by atoms with Crippen LogP contribution >= 0.6 is 23.1 Å². The Hall–Kier alpha value is -3.82. The monoisotopic (exact) mass is 519 g/mol. The number of rotatable bonds is 9. The quantitative estimate of drug-likeness (QED) is 0.254. The molecule has 0 saturated heterocycles. The van der Waals surface area contributed by atoms with Crippen LogP contribution in [0.25, 0.3) is 11.3 Å². The molecule has 1 atom stereocenters. The Balaban J connectivity index is 1.53. The second-order valence-corrected chi connectivity index (χ2v) is 9.75. The van der Waals surface area contributed by atoms with E-state index in [1.807, 2.05) is 78.2 Å². The number of anilines is 2. The van der Waals surface area contributed by atoms with Crippen LogP contribution in [0.2, 0.25) is 0 Å². The third kappa shape index (κ3) is 6.24. The van der Waals surface area contributed by atoms with Crippen molar-refractivity contribution in [2.75, 3.05) is 24.9 Å². The van der Waals surface area contributed by atoms with E-state index in [1.54, 1.807) is 14.2 Å². The van der Waals surface area contributed by atoms with Crippen molar-refractivity contribution in [2.24, 2.45) is 0 Å². The number of methoxy groups -OCH3 is 2. The van der Waals surface area contributed by atoms with Gasteiger partial charge in [-0.15, -0.1) is 23.1 Å². The van der Waals surface area contributed by atoms with E-state index in [4.69, 9.17) is 9.47 Å². The molecule has 4 aromatic rings. The van der Waals surface area contributed by atoms with Gasteiger partial charge < -0.3 is 20.1 Å². The molecule has 0 aliphatic carbocycles. The number of ether oxygens (including phenoxy) is 2. The largest absolute Gasteiger partial charge is 0.493 e. The number of amides is 2. The Morgan fingerprint density at radius 1 is 0.917 bits per heavy atom. The molecule has 1 heterocycles. The first kappa shape index (κ1) is 25.3. The van der Waals surface area contributed by atoms with E-state index in [1.165, 1.54) is 30.0 Å². The minimum absolute atomic E-state index is 0.132.